The average molecular weight is 264 g/mol. The fourth-order valence-electron chi connectivity index (χ4n) is 1.73. The first-order valence-corrected chi connectivity index (χ1v) is 5.83. The van der Waals surface area contributed by atoms with Crippen molar-refractivity contribution >= 4 is 5.97 Å². The molecule has 2 heterocycles. The largest absolute Gasteiger partial charge is 0.493 e. The van der Waals surface area contributed by atoms with Crippen molar-refractivity contribution in [1.82, 2.24) is 0 Å². The van der Waals surface area contributed by atoms with Gasteiger partial charge in [0.05, 0.1) is 0 Å². The normalized spacial score (nSPS) is 16.1. The van der Waals surface area contributed by atoms with Crippen LogP contribution < -0.4 is 9.47 Å². The Kier molecular flexibility index (Phi) is 3.14. The maximum atomic E-state index is 11.7. The van der Waals surface area contributed by atoms with Gasteiger partial charge in [-0.05, 0) is 17.7 Å². The number of hydrogen-bond acceptors (Lipinski definition) is 6. The van der Waals surface area contributed by atoms with Crippen molar-refractivity contribution < 1.29 is 28.5 Å². The highest BCUT2D eigenvalue weighted by Crippen LogP contribution is 2.32. The van der Waals surface area contributed by atoms with E-state index in [9.17, 15) is 4.79 Å². The van der Waals surface area contributed by atoms with Gasteiger partial charge in [0.2, 0.25) is 12.6 Å². The minimum Gasteiger partial charge on any atom is -0.493 e. The van der Waals surface area contributed by atoms with Crippen LogP contribution in [0.2, 0.25) is 0 Å². The third-order valence-electron chi connectivity index (χ3n) is 2.66. The molecule has 0 unspecified atom stereocenters. The summed E-state index contributed by atoms with van der Waals surface area (Å²) in [5.41, 5.74) is 0.815. The number of carbonyl (C=O) groups is 1. The summed E-state index contributed by atoms with van der Waals surface area (Å²) in [5.74, 6) is 0.899. The maximum Gasteiger partial charge on any atom is 0.377 e. The first-order valence-electron chi connectivity index (χ1n) is 5.83. The van der Waals surface area contributed by atoms with Crippen LogP contribution in [0.5, 0.6) is 11.5 Å². The van der Waals surface area contributed by atoms with E-state index < -0.39 is 5.97 Å². The predicted molar refractivity (Wildman–Crippen MR) is 62.3 cm³/mol. The highest BCUT2D eigenvalue weighted by Gasteiger charge is 2.18. The second-order valence-electron chi connectivity index (χ2n) is 3.97. The fourth-order valence-corrected chi connectivity index (χ4v) is 1.73. The van der Waals surface area contributed by atoms with Gasteiger partial charge in [-0.2, -0.15) is 0 Å². The highest BCUT2D eigenvalue weighted by molar-refractivity contribution is 5.86. The zero-order valence-corrected chi connectivity index (χ0v) is 10.1. The minimum atomic E-state index is -0.544. The van der Waals surface area contributed by atoms with Gasteiger partial charge in [0, 0.05) is 0 Å². The van der Waals surface area contributed by atoms with Crippen LogP contribution in [0.3, 0.4) is 0 Å². The summed E-state index contributed by atoms with van der Waals surface area (Å²) in [6, 6.07) is 5.38. The van der Waals surface area contributed by atoms with Crippen LogP contribution in [0.4, 0.5) is 0 Å². The second kappa shape index (κ2) is 5.09. The van der Waals surface area contributed by atoms with Crippen molar-refractivity contribution in [2.45, 2.75) is 6.61 Å². The summed E-state index contributed by atoms with van der Waals surface area (Å²) in [6.07, 6.45) is 1.27. The van der Waals surface area contributed by atoms with E-state index >= 15 is 0 Å². The minimum absolute atomic E-state index is 0.0898. The van der Waals surface area contributed by atoms with E-state index in [1.165, 1.54) is 6.26 Å². The van der Waals surface area contributed by atoms with Crippen molar-refractivity contribution in [2.75, 3.05) is 20.0 Å². The predicted octanol–water partition coefficient (Wildman–Crippen LogP) is 1.35. The second-order valence-corrected chi connectivity index (χ2v) is 3.97. The molecule has 0 bridgehead atoms. The summed E-state index contributed by atoms with van der Waals surface area (Å²) < 4.78 is 25.7. The van der Waals surface area contributed by atoms with E-state index in [1.807, 2.05) is 6.07 Å². The zero-order chi connectivity index (χ0) is 13.1. The molecule has 0 spiro atoms. The number of rotatable bonds is 3. The molecule has 1 aromatic carbocycles. The number of ether oxygens (including phenoxy) is 5. The fraction of sp³-hybridized carbons (Fsp3) is 0.308. The standard InChI is InChI=1S/C13H12O6/c14-13(12-7-15-3-4-16-12)17-6-9-1-2-10-11(5-9)19-8-18-10/h1-2,5,7H,3-4,6,8H2. The van der Waals surface area contributed by atoms with Gasteiger partial charge < -0.3 is 23.7 Å². The Morgan fingerprint density at radius 2 is 2.05 bits per heavy atom. The van der Waals surface area contributed by atoms with E-state index in [1.54, 1.807) is 12.1 Å². The number of fused-ring (bicyclic) bond motifs is 1. The van der Waals surface area contributed by atoms with Crippen molar-refractivity contribution in [1.29, 1.82) is 0 Å². The van der Waals surface area contributed by atoms with Crippen LogP contribution in [-0.2, 0) is 25.6 Å². The lowest BCUT2D eigenvalue weighted by molar-refractivity contribution is -0.145. The van der Waals surface area contributed by atoms with Gasteiger partial charge in [0.25, 0.3) is 0 Å². The Balaban J connectivity index is 1.60. The van der Waals surface area contributed by atoms with Gasteiger partial charge in [-0.15, -0.1) is 0 Å². The molecule has 0 saturated heterocycles. The molecule has 0 amide bonds. The number of hydrogen-bond donors (Lipinski definition) is 0. The molecule has 1 aromatic rings. The zero-order valence-electron chi connectivity index (χ0n) is 10.1. The summed E-state index contributed by atoms with van der Waals surface area (Å²) in [7, 11) is 0. The third kappa shape index (κ3) is 2.57. The lowest BCUT2D eigenvalue weighted by atomic mass is 10.2. The summed E-state index contributed by atoms with van der Waals surface area (Å²) in [6.45, 7) is 1.15. The maximum absolute atomic E-state index is 11.7. The highest BCUT2D eigenvalue weighted by atomic mass is 16.7. The van der Waals surface area contributed by atoms with Gasteiger partial charge in [-0.3, -0.25) is 0 Å². The molecule has 2 aliphatic rings. The first kappa shape index (κ1) is 11.7. The molecule has 0 aromatic heterocycles. The van der Waals surface area contributed by atoms with Crippen molar-refractivity contribution in [3.8, 4) is 11.5 Å². The number of esters is 1. The van der Waals surface area contributed by atoms with Crippen LogP contribution in [0, 0.1) is 0 Å². The summed E-state index contributed by atoms with van der Waals surface area (Å²) in [5, 5.41) is 0. The van der Waals surface area contributed by atoms with Crippen molar-refractivity contribution in [3.63, 3.8) is 0 Å². The van der Waals surface area contributed by atoms with E-state index in [-0.39, 0.29) is 19.2 Å². The van der Waals surface area contributed by atoms with Crippen LogP contribution in [0.1, 0.15) is 5.56 Å². The molecule has 0 saturated carbocycles. The van der Waals surface area contributed by atoms with E-state index in [2.05, 4.69) is 0 Å². The molecular weight excluding hydrogens is 252 g/mol. The molecule has 0 fully saturated rings. The van der Waals surface area contributed by atoms with Crippen LogP contribution in [-0.4, -0.2) is 26.0 Å². The van der Waals surface area contributed by atoms with Gasteiger partial charge in [-0.25, -0.2) is 4.79 Å². The molecule has 0 aliphatic carbocycles. The Bertz CT molecular complexity index is 522. The van der Waals surface area contributed by atoms with E-state index in [4.69, 9.17) is 23.7 Å². The van der Waals surface area contributed by atoms with Crippen LogP contribution in [0.25, 0.3) is 0 Å². The molecule has 19 heavy (non-hydrogen) atoms. The Morgan fingerprint density at radius 3 is 2.89 bits per heavy atom. The topological polar surface area (TPSA) is 63.2 Å². The number of carbonyl (C=O) groups excluding carboxylic acids is 1. The molecule has 0 N–H and O–H groups in total. The average Bonchev–Trinajstić information content (AvgIpc) is 2.93. The van der Waals surface area contributed by atoms with Gasteiger partial charge >= 0.3 is 5.97 Å². The molecule has 6 nitrogen and oxygen atoms in total. The third-order valence-corrected chi connectivity index (χ3v) is 2.66. The van der Waals surface area contributed by atoms with Crippen molar-refractivity contribution in [3.05, 3.63) is 35.8 Å². The van der Waals surface area contributed by atoms with Gasteiger partial charge in [0.1, 0.15) is 26.1 Å². The molecule has 3 rings (SSSR count). The Morgan fingerprint density at radius 1 is 1.16 bits per heavy atom. The Hall–Kier alpha value is -2.37. The smallest absolute Gasteiger partial charge is 0.377 e. The molecule has 6 heteroatoms. The lowest BCUT2D eigenvalue weighted by Gasteiger charge is -2.14. The quantitative estimate of drug-likeness (QED) is 0.768. The van der Waals surface area contributed by atoms with E-state index in [0.717, 1.165) is 5.56 Å². The lowest BCUT2D eigenvalue weighted by Crippen LogP contribution is -2.17. The van der Waals surface area contributed by atoms with Gasteiger partial charge in [-0.1, -0.05) is 6.07 Å². The Labute approximate surface area is 109 Å². The van der Waals surface area contributed by atoms with Crippen LogP contribution in [0.15, 0.2) is 30.2 Å². The summed E-state index contributed by atoms with van der Waals surface area (Å²) >= 11 is 0. The SMILES string of the molecule is O=C(OCc1ccc2c(c1)OCO2)C1=COCCO1. The monoisotopic (exact) mass is 264 g/mol. The van der Waals surface area contributed by atoms with Crippen LogP contribution >= 0.6 is 0 Å². The molecular formula is C13H12O6. The van der Waals surface area contributed by atoms with Gasteiger partial charge in [0.15, 0.2) is 11.5 Å². The summed E-state index contributed by atoms with van der Waals surface area (Å²) in [4.78, 5) is 11.7. The molecule has 0 atom stereocenters. The van der Waals surface area contributed by atoms with Crippen molar-refractivity contribution in [2.24, 2.45) is 0 Å². The molecule has 0 radical (unpaired) electrons. The molecule has 100 valence electrons. The molecule has 2 aliphatic heterocycles. The first-order chi connectivity index (χ1) is 9.33. The van der Waals surface area contributed by atoms with E-state index in [0.29, 0.717) is 24.7 Å². The number of benzene rings is 1.